The smallest absolute Gasteiger partial charge is 0.243 e. The van der Waals surface area contributed by atoms with Crippen LogP contribution in [0.5, 0.6) is 0 Å². The number of amides is 2. The van der Waals surface area contributed by atoms with Gasteiger partial charge in [-0.3, -0.25) is 9.59 Å². The Bertz CT molecular complexity index is 627. The minimum absolute atomic E-state index is 0.0300. The summed E-state index contributed by atoms with van der Waals surface area (Å²) >= 11 is 0. The predicted molar refractivity (Wildman–Crippen MR) is 94.7 cm³/mol. The maximum absolute atomic E-state index is 12.1. The van der Waals surface area contributed by atoms with E-state index in [1.165, 1.54) is 6.42 Å². The molecule has 5 heteroatoms. The average molecular weight is 327 g/mol. The molecule has 0 saturated heterocycles. The van der Waals surface area contributed by atoms with Crippen molar-refractivity contribution < 1.29 is 9.59 Å². The van der Waals surface area contributed by atoms with Crippen LogP contribution in [0.2, 0.25) is 0 Å². The Morgan fingerprint density at radius 3 is 2.17 bits per heavy atom. The van der Waals surface area contributed by atoms with Gasteiger partial charge in [0, 0.05) is 17.5 Å². The summed E-state index contributed by atoms with van der Waals surface area (Å²) in [5.41, 5.74) is 5.20. The number of rotatable bonds is 5. The lowest BCUT2D eigenvalue weighted by Gasteiger charge is -2.19. The zero-order valence-corrected chi connectivity index (χ0v) is 14.2. The molecule has 2 saturated carbocycles. The molecule has 0 spiro atoms. The molecule has 24 heavy (non-hydrogen) atoms. The van der Waals surface area contributed by atoms with Gasteiger partial charge < -0.3 is 5.32 Å². The van der Waals surface area contributed by atoms with Crippen molar-refractivity contribution in [2.75, 3.05) is 5.32 Å². The van der Waals surface area contributed by atoms with Crippen LogP contribution in [0.3, 0.4) is 0 Å². The van der Waals surface area contributed by atoms with Crippen LogP contribution in [0.15, 0.2) is 29.4 Å². The first kappa shape index (κ1) is 16.7. The summed E-state index contributed by atoms with van der Waals surface area (Å²) in [5, 5.41) is 7.14. The van der Waals surface area contributed by atoms with Crippen molar-refractivity contribution in [2.45, 2.75) is 51.9 Å². The number of hydrazone groups is 1. The largest absolute Gasteiger partial charge is 0.326 e. The van der Waals surface area contributed by atoms with Gasteiger partial charge in [-0.1, -0.05) is 31.4 Å². The molecule has 0 heterocycles. The van der Waals surface area contributed by atoms with Gasteiger partial charge in [-0.2, -0.15) is 5.10 Å². The fourth-order valence-corrected chi connectivity index (χ4v) is 3.04. The van der Waals surface area contributed by atoms with Crippen LogP contribution in [0, 0.1) is 11.8 Å². The molecule has 0 bridgehead atoms. The number of carbonyl (C=O) groups is 2. The van der Waals surface area contributed by atoms with Gasteiger partial charge in [-0.25, -0.2) is 5.43 Å². The van der Waals surface area contributed by atoms with Gasteiger partial charge in [-0.05, 0) is 50.3 Å². The highest BCUT2D eigenvalue weighted by Crippen LogP contribution is 2.30. The van der Waals surface area contributed by atoms with E-state index in [2.05, 4.69) is 15.8 Å². The summed E-state index contributed by atoms with van der Waals surface area (Å²) in [5.74, 6) is 0.438. The van der Waals surface area contributed by atoms with Crippen LogP contribution in [0.25, 0.3) is 0 Å². The van der Waals surface area contributed by atoms with Gasteiger partial charge in [0.1, 0.15) is 0 Å². The second kappa shape index (κ2) is 7.60. The molecule has 0 aromatic heterocycles. The Balaban J connectivity index is 1.54. The Morgan fingerprint density at radius 2 is 1.54 bits per heavy atom. The normalized spacial score (nSPS) is 19.0. The van der Waals surface area contributed by atoms with Crippen LogP contribution in [0.4, 0.5) is 5.69 Å². The van der Waals surface area contributed by atoms with E-state index < -0.39 is 0 Å². The van der Waals surface area contributed by atoms with Gasteiger partial charge in [-0.15, -0.1) is 0 Å². The quantitative estimate of drug-likeness (QED) is 0.642. The highest BCUT2D eigenvalue weighted by Gasteiger charge is 2.29. The first-order valence-electron chi connectivity index (χ1n) is 8.89. The van der Waals surface area contributed by atoms with Crippen LogP contribution >= 0.6 is 0 Å². The molecular weight excluding hydrogens is 302 g/mol. The molecule has 1 aromatic rings. The third-order valence-corrected chi connectivity index (χ3v) is 4.83. The molecule has 0 aliphatic heterocycles. The minimum Gasteiger partial charge on any atom is -0.326 e. The molecule has 0 unspecified atom stereocenters. The molecule has 0 radical (unpaired) electrons. The SMILES string of the molecule is C/C(=N\NC(=O)C1CCCCC1)c1ccc(NC(=O)C2CC2)cc1. The lowest BCUT2D eigenvalue weighted by molar-refractivity contribution is -0.125. The number of benzene rings is 1. The highest BCUT2D eigenvalue weighted by molar-refractivity contribution is 6.00. The van der Waals surface area contributed by atoms with Crippen molar-refractivity contribution in [1.29, 1.82) is 0 Å². The van der Waals surface area contributed by atoms with Crippen LogP contribution < -0.4 is 10.7 Å². The molecule has 2 aliphatic carbocycles. The van der Waals surface area contributed by atoms with Crippen molar-refractivity contribution in [2.24, 2.45) is 16.9 Å². The van der Waals surface area contributed by atoms with Gasteiger partial charge in [0.2, 0.25) is 11.8 Å². The second-order valence-electron chi connectivity index (χ2n) is 6.85. The number of carbonyl (C=O) groups excluding carboxylic acids is 2. The topological polar surface area (TPSA) is 70.6 Å². The first-order chi connectivity index (χ1) is 11.6. The summed E-state index contributed by atoms with van der Waals surface area (Å²) in [7, 11) is 0. The standard InChI is InChI=1S/C19H25N3O2/c1-13(21-22-19(24)15-5-3-2-4-6-15)14-9-11-17(12-10-14)20-18(23)16-7-8-16/h9-12,15-16H,2-8H2,1H3,(H,20,23)(H,22,24)/b21-13+. The van der Waals surface area contributed by atoms with Gasteiger partial charge in [0.15, 0.2) is 0 Å². The number of nitrogens with one attached hydrogen (secondary N) is 2. The van der Waals surface area contributed by atoms with Crippen LogP contribution in [0.1, 0.15) is 57.4 Å². The molecular formula is C19H25N3O2. The van der Waals surface area contributed by atoms with E-state index in [0.717, 1.165) is 55.5 Å². The Labute approximate surface area is 142 Å². The molecule has 3 rings (SSSR count). The van der Waals surface area contributed by atoms with E-state index in [0.29, 0.717) is 0 Å². The summed E-state index contributed by atoms with van der Waals surface area (Å²) < 4.78 is 0. The molecule has 2 amide bonds. The summed E-state index contributed by atoms with van der Waals surface area (Å²) in [4.78, 5) is 23.9. The molecule has 2 fully saturated rings. The Kier molecular flexibility index (Phi) is 5.28. The van der Waals surface area contributed by atoms with E-state index >= 15 is 0 Å². The van der Waals surface area contributed by atoms with E-state index in [1.807, 2.05) is 31.2 Å². The maximum atomic E-state index is 12.1. The van der Waals surface area contributed by atoms with Crippen molar-refractivity contribution >= 4 is 23.2 Å². The van der Waals surface area contributed by atoms with Crippen molar-refractivity contribution in [3.05, 3.63) is 29.8 Å². The molecule has 2 aliphatic rings. The maximum Gasteiger partial charge on any atom is 0.243 e. The zero-order chi connectivity index (χ0) is 16.9. The first-order valence-corrected chi connectivity index (χ1v) is 8.89. The molecule has 128 valence electrons. The third-order valence-electron chi connectivity index (χ3n) is 4.83. The summed E-state index contributed by atoms with van der Waals surface area (Å²) in [6.07, 6.45) is 7.43. The van der Waals surface area contributed by atoms with Crippen LogP contribution in [-0.2, 0) is 9.59 Å². The fourth-order valence-electron chi connectivity index (χ4n) is 3.04. The van der Waals surface area contributed by atoms with Crippen molar-refractivity contribution in [3.63, 3.8) is 0 Å². The van der Waals surface area contributed by atoms with Crippen LogP contribution in [-0.4, -0.2) is 17.5 Å². The predicted octanol–water partition coefficient (Wildman–Crippen LogP) is 3.46. The zero-order valence-electron chi connectivity index (χ0n) is 14.2. The van der Waals surface area contributed by atoms with E-state index in [-0.39, 0.29) is 23.7 Å². The second-order valence-corrected chi connectivity index (χ2v) is 6.85. The highest BCUT2D eigenvalue weighted by atomic mass is 16.2. The third kappa shape index (κ3) is 4.43. The van der Waals surface area contributed by atoms with E-state index in [4.69, 9.17) is 0 Å². The molecule has 1 aromatic carbocycles. The molecule has 2 N–H and O–H groups in total. The molecule has 5 nitrogen and oxygen atoms in total. The van der Waals surface area contributed by atoms with Gasteiger partial charge >= 0.3 is 0 Å². The minimum atomic E-state index is 0.0300. The Hall–Kier alpha value is -2.17. The van der Waals surface area contributed by atoms with Gasteiger partial charge in [0.05, 0.1) is 5.71 Å². The fraction of sp³-hybridized carbons (Fsp3) is 0.526. The Morgan fingerprint density at radius 1 is 0.917 bits per heavy atom. The lowest BCUT2D eigenvalue weighted by Crippen LogP contribution is -2.29. The van der Waals surface area contributed by atoms with E-state index in [1.54, 1.807) is 0 Å². The average Bonchev–Trinajstić information content (AvgIpc) is 3.46. The summed E-state index contributed by atoms with van der Waals surface area (Å²) in [6, 6.07) is 7.57. The number of hydrogen-bond acceptors (Lipinski definition) is 3. The summed E-state index contributed by atoms with van der Waals surface area (Å²) in [6.45, 7) is 1.87. The van der Waals surface area contributed by atoms with Gasteiger partial charge in [0.25, 0.3) is 0 Å². The van der Waals surface area contributed by atoms with E-state index in [9.17, 15) is 9.59 Å². The van der Waals surface area contributed by atoms with Crippen molar-refractivity contribution in [1.82, 2.24) is 5.43 Å². The number of anilines is 1. The van der Waals surface area contributed by atoms with Crippen molar-refractivity contribution in [3.8, 4) is 0 Å². The monoisotopic (exact) mass is 327 g/mol. The molecule has 0 atom stereocenters. The number of hydrogen-bond donors (Lipinski definition) is 2. The number of nitrogens with zero attached hydrogens (tertiary/aromatic N) is 1. The lowest BCUT2D eigenvalue weighted by atomic mass is 9.89.